The number of allylic oxidation sites excluding steroid dienone is 3. The fourth-order valence-electron chi connectivity index (χ4n) is 2.84. The van der Waals surface area contributed by atoms with Crippen molar-refractivity contribution in [3.8, 4) is 0 Å². The highest BCUT2D eigenvalue weighted by molar-refractivity contribution is 9.11. The predicted octanol–water partition coefficient (Wildman–Crippen LogP) is 3.31. The van der Waals surface area contributed by atoms with E-state index in [1.165, 1.54) is 0 Å². The smallest absolute Gasteiger partial charge is 0.155 e. The van der Waals surface area contributed by atoms with Gasteiger partial charge in [0.1, 0.15) is 5.78 Å². The van der Waals surface area contributed by atoms with E-state index in [1.807, 2.05) is 0 Å². The molecular formula is C13H15BrO2. The molecule has 0 spiro atoms. The van der Waals surface area contributed by atoms with Crippen LogP contribution in [0.4, 0.5) is 0 Å². The molecule has 2 rings (SSSR count). The van der Waals surface area contributed by atoms with Crippen molar-refractivity contribution in [2.24, 2.45) is 5.41 Å². The van der Waals surface area contributed by atoms with Gasteiger partial charge in [-0.15, -0.1) is 0 Å². The van der Waals surface area contributed by atoms with E-state index >= 15 is 0 Å². The summed E-state index contributed by atoms with van der Waals surface area (Å²) in [6.07, 6.45) is 5.93. The second-order valence-corrected chi connectivity index (χ2v) is 5.81. The summed E-state index contributed by atoms with van der Waals surface area (Å²) < 4.78 is 0.850. The summed E-state index contributed by atoms with van der Waals surface area (Å²) >= 11 is 3.35. The first-order chi connectivity index (χ1) is 7.54. The molecule has 0 amide bonds. The summed E-state index contributed by atoms with van der Waals surface area (Å²) in [5.41, 5.74) is 0.632. The maximum atomic E-state index is 12.2. The first-order valence-electron chi connectivity index (χ1n) is 5.65. The van der Waals surface area contributed by atoms with Gasteiger partial charge in [-0.25, -0.2) is 0 Å². The Morgan fingerprint density at radius 1 is 1.38 bits per heavy atom. The molecular weight excluding hydrogens is 268 g/mol. The molecule has 1 fully saturated rings. The average molecular weight is 283 g/mol. The van der Waals surface area contributed by atoms with Crippen molar-refractivity contribution in [1.29, 1.82) is 0 Å². The van der Waals surface area contributed by atoms with E-state index < -0.39 is 5.41 Å². The van der Waals surface area contributed by atoms with Gasteiger partial charge in [-0.3, -0.25) is 9.59 Å². The Morgan fingerprint density at radius 3 is 2.81 bits per heavy atom. The Morgan fingerprint density at radius 2 is 2.12 bits per heavy atom. The van der Waals surface area contributed by atoms with Crippen molar-refractivity contribution in [2.75, 3.05) is 0 Å². The number of hydrogen-bond donors (Lipinski definition) is 0. The zero-order chi connectivity index (χ0) is 11.8. The molecule has 2 nitrogen and oxygen atoms in total. The highest BCUT2D eigenvalue weighted by Gasteiger charge is 2.45. The normalized spacial score (nSPS) is 29.7. The molecule has 1 saturated carbocycles. The Kier molecular flexibility index (Phi) is 3.15. The Bertz CT molecular complexity index is 395. The molecule has 0 heterocycles. The van der Waals surface area contributed by atoms with Gasteiger partial charge in [-0.2, -0.15) is 0 Å². The van der Waals surface area contributed by atoms with Crippen molar-refractivity contribution in [1.82, 2.24) is 0 Å². The monoisotopic (exact) mass is 282 g/mol. The summed E-state index contributed by atoms with van der Waals surface area (Å²) in [6, 6.07) is 0. The number of Topliss-reactive ketones (excluding diaryl/α,β-unsaturated/α-hetero) is 1. The lowest BCUT2D eigenvalue weighted by atomic mass is 9.62. The van der Waals surface area contributed by atoms with Crippen molar-refractivity contribution in [3.05, 3.63) is 22.7 Å². The third-order valence-corrected chi connectivity index (χ3v) is 3.91. The molecule has 0 N–H and O–H groups in total. The number of hydrogen-bond acceptors (Lipinski definition) is 2. The van der Waals surface area contributed by atoms with E-state index in [0.29, 0.717) is 25.7 Å². The van der Waals surface area contributed by atoms with Crippen LogP contribution < -0.4 is 0 Å². The zero-order valence-electron chi connectivity index (χ0n) is 9.22. The van der Waals surface area contributed by atoms with Crippen LogP contribution in [0.5, 0.6) is 0 Å². The van der Waals surface area contributed by atoms with Gasteiger partial charge in [-0.05, 0) is 36.2 Å². The molecule has 0 radical (unpaired) electrons. The van der Waals surface area contributed by atoms with E-state index in [-0.39, 0.29) is 11.6 Å². The minimum atomic E-state index is -0.410. The maximum absolute atomic E-state index is 12.2. The summed E-state index contributed by atoms with van der Waals surface area (Å²) in [5, 5.41) is 0. The van der Waals surface area contributed by atoms with E-state index in [9.17, 15) is 9.59 Å². The van der Waals surface area contributed by atoms with Crippen LogP contribution in [0.1, 0.15) is 38.5 Å². The molecule has 1 atom stereocenters. The second-order valence-electron chi connectivity index (χ2n) is 4.69. The summed E-state index contributed by atoms with van der Waals surface area (Å²) in [4.78, 5) is 23.6. The van der Waals surface area contributed by atoms with Gasteiger partial charge in [0, 0.05) is 12.8 Å². The van der Waals surface area contributed by atoms with Gasteiger partial charge in [0.2, 0.25) is 0 Å². The highest BCUT2D eigenvalue weighted by Crippen LogP contribution is 2.49. The molecule has 3 heteroatoms. The summed E-state index contributed by atoms with van der Waals surface area (Å²) in [6.45, 7) is 3.84. The minimum absolute atomic E-state index is 0.167. The summed E-state index contributed by atoms with van der Waals surface area (Å²) in [7, 11) is 0. The quantitative estimate of drug-likeness (QED) is 0.779. The van der Waals surface area contributed by atoms with E-state index in [1.54, 1.807) is 6.08 Å². The lowest BCUT2D eigenvalue weighted by Crippen LogP contribution is -2.39. The van der Waals surface area contributed by atoms with Crippen LogP contribution in [0.15, 0.2) is 22.7 Å². The third-order valence-electron chi connectivity index (χ3n) is 3.63. The molecule has 0 aromatic carbocycles. The Balaban J connectivity index is 2.41. The SMILES string of the molecule is C=C(Br)C[C@@]12CCC(=O)C=C1CCCC2=O. The Hall–Kier alpha value is -0.700. The molecule has 0 aliphatic heterocycles. The number of carbonyl (C=O) groups excluding carboxylic acids is 2. The van der Waals surface area contributed by atoms with Crippen LogP contribution in [0.3, 0.4) is 0 Å². The maximum Gasteiger partial charge on any atom is 0.155 e. The zero-order valence-corrected chi connectivity index (χ0v) is 10.8. The largest absolute Gasteiger partial charge is 0.299 e. The fraction of sp³-hybridized carbons (Fsp3) is 0.538. The first-order valence-corrected chi connectivity index (χ1v) is 6.44. The molecule has 2 aliphatic carbocycles. The molecule has 0 aromatic rings. The highest BCUT2D eigenvalue weighted by atomic mass is 79.9. The molecule has 0 saturated heterocycles. The Labute approximate surface area is 104 Å². The van der Waals surface area contributed by atoms with Crippen LogP contribution in [0, 0.1) is 5.41 Å². The second kappa shape index (κ2) is 4.28. The van der Waals surface area contributed by atoms with Gasteiger partial charge >= 0.3 is 0 Å². The average Bonchev–Trinajstić information content (AvgIpc) is 2.20. The topological polar surface area (TPSA) is 34.1 Å². The number of fused-ring (bicyclic) bond motifs is 1. The molecule has 0 unspecified atom stereocenters. The fourth-order valence-corrected chi connectivity index (χ4v) is 3.32. The third kappa shape index (κ3) is 1.93. The van der Waals surface area contributed by atoms with Crippen molar-refractivity contribution >= 4 is 27.5 Å². The van der Waals surface area contributed by atoms with Crippen molar-refractivity contribution < 1.29 is 9.59 Å². The lowest BCUT2D eigenvalue weighted by molar-refractivity contribution is -0.129. The van der Waals surface area contributed by atoms with Crippen molar-refractivity contribution in [3.63, 3.8) is 0 Å². The predicted molar refractivity (Wildman–Crippen MR) is 66.3 cm³/mol. The van der Waals surface area contributed by atoms with Crippen LogP contribution in [0.2, 0.25) is 0 Å². The van der Waals surface area contributed by atoms with E-state index in [0.717, 1.165) is 22.9 Å². The minimum Gasteiger partial charge on any atom is -0.299 e. The van der Waals surface area contributed by atoms with Crippen LogP contribution in [-0.2, 0) is 9.59 Å². The van der Waals surface area contributed by atoms with Gasteiger partial charge in [0.25, 0.3) is 0 Å². The number of carbonyl (C=O) groups is 2. The lowest BCUT2D eigenvalue weighted by Gasteiger charge is -2.40. The number of ketones is 2. The van der Waals surface area contributed by atoms with Crippen LogP contribution in [-0.4, -0.2) is 11.6 Å². The van der Waals surface area contributed by atoms with Gasteiger partial charge in [0.15, 0.2) is 5.78 Å². The van der Waals surface area contributed by atoms with E-state index in [4.69, 9.17) is 0 Å². The molecule has 0 bridgehead atoms. The van der Waals surface area contributed by atoms with Crippen LogP contribution in [0.25, 0.3) is 0 Å². The molecule has 16 heavy (non-hydrogen) atoms. The first kappa shape index (κ1) is 11.8. The van der Waals surface area contributed by atoms with E-state index in [2.05, 4.69) is 22.5 Å². The standard InChI is InChI=1S/C13H15BrO2/c1-9(14)8-13-6-5-11(15)7-10(13)3-2-4-12(13)16/h7H,1-6,8H2/t13-/m0/s1. The molecule has 2 aliphatic rings. The van der Waals surface area contributed by atoms with Gasteiger partial charge < -0.3 is 0 Å². The van der Waals surface area contributed by atoms with Gasteiger partial charge in [-0.1, -0.05) is 28.1 Å². The number of halogens is 1. The summed E-state index contributed by atoms with van der Waals surface area (Å²) in [5.74, 6) is 0.457. The molecule has 86 valence electrons. The number of rotatable bonds is 2. The van der Waals surface area contributed by atoms with Gasteiger partial charge in [0.05, 0.1) is 5.41 Å². The van der Waals surface area contributed by atoms with Crippen molar-refractivity contribution in [2.45, 2.75) is 38.5 Å². The van der Waals surface area contributed by atoms with Crippen LogP contribution >= 0.6 is 15.9 Å². The molecule has 0 aromatic heterocycles.